The minimum Gasteiger partial charge on any atom is -0.478 e. The highest BCUT2D eigenvalue weighted by Crippen LogP contribution is 2.43. The van der Waals surface area contributed by atoms with E-state index >= 15 is 0 Å². The molecular weight excluding hydrogens is 340 g/mol. The van der Waals surface area contributed by atoms with Gasteiger partial charge in [-0.15, -0.1) is 0 Å². The van der Waals surface area contributed by atoms with E-state index in [1.165, 1.54) is 4.90 Å². The van der Waals surface area contributed by atoms with Crippen molar-refractivity contribution in [3.05, 3.63) is 34.1 Å². The minimum absolute atomic E-state index is 0.144. The number of hydrogen-bond donors (Lipinski definition) is 2. The number of carbonyl (C=O) groups is 2. The van der Waals surface area contributed by atoms with Crippen LogP contribution in [-0.4, -0.2) is 44.2 Å². The molecule has 1 saturated heterocycles. The van der Waals surface area contributed by atoms with Crippen molar-refractivity contribution in [3.8, 4) is 0 Å². The number of pyridine rings is 1. The van der Waals surface area contributed by atoms with Gasteiger partial charge in [0.15, 0.2) is 0 Å². The van der Waals surface area contributed by atoms with Gasteiger partial charge in [-0.05, 0) is 52.4 Å². The zero-order valence-electron chi connectivity index (χ0n) is 11.0. The number of nitrogens with zero attached hydrogens (tertiary/aromatic N) is 2. The quantitative estimate of drug-likeness (QED) is 0.798. The van der Waals surface area contributed by atoms with Crippen LogP contribution in [0.2, 0.25) is 0 Å². The number of aliphatic carboxylic acids is 1. The molecule has 1 amide bonds. The maximum Gasteiger partial charge on any atom is 0.408 e. The molecule has 0 aromatic carbocycles. The third kappa shape index (κ3) is 2.31. The summed E-state index contributed by atoms with van der Waals surface area (Å²) in [5.41, 5.74) is 1.64. The first-order chi connectivity index (χ1) is 9.99. The Hall–Kier alpha value is -1.89. The summed E-state index contributed by atoms with van der Waals surface area (Å²) in [6.45, 7) is 0. The lowest BCUT2D eigenvalue weighted by atomic mass is 9.89. The summed E-state index contributed by atoms with van der Waals surface area (Å²) in [5, 5.41) is 18.8. The standard InChI is InChI=1S/C14H13BrN2O4/c15-11-4-1-7(6-16-11)9-5-8-2-3-10(12(9)13(18)19)17(8)14(20)21/h1,4,6,8,10H,2-3,5H2,(H,18,19)(H,20,21)/t8-,10+/m0/s1. The van der Waals surface area contributed by atoms with Crippen molar-refractivity contribution in [2.24, 2.45) is 0 Å². The van der Waals surface area contributed by atoms with Crippen LogP contribution < -0.4 is 0 Å². The largest absolute Gasteiger partial charge is 0.478 e. The van der Waals surface area contributed by atoms with E-state index in [4.69, 9.17) is 0 Å². The van der Waals surface area contributed by atoms with Gasteiger partial charge in [-0.2, -0.15) is 0 Å². The van der Waals surface area contributed by atoms with Crippen molar-refractivity contribution in [2.45, 2.75) is 31.3 Å². The first kappa shape index (κ1) is 14.1. The van der Waals surface area contributed by atoms with E-state index in [9.17, 15) is 19.8 Å². The number of fused-ring (bicyclic) bond motifs is 2. The molecule has 1 aromatic rings. The molecule has 0 saturated carbocycles. The first-order valence-corrected chi connectivity index (χ1v) is 7.38. The topological polar surface area (TPSA) is 90.7 Å². The Morgan fingerprint density at radius 1 is 1.29 bits per heavy atom. The maximum atomic E-state index is 11.7. The van der Waals surface area contributed by atoms with Crippen LogP contribution >= 0.6 is 15.9 Å². The summed E-state index contributed by atoms with van der Waals surface area (Å²) in [6, 6.07) is 2.87. The third-order valence-electron chi connectivity index (χ3n) is 4.13. The van der Waals surface area contributed by atoms with E-state index in [0.717, 1.165) is 5.56 Å². The molecule has 0 aliphatic carbocycles. The predicted octanol–water partition coefficient (Wildman–Crippen LogP) is 2.60. The minimum atomic E-state index is -1.05. The molecule has 3 heterocycles. The summed E-state index contributed by atoms with van der Waals surface area (Å²) >= 11 is 3.25. The fourth-order valence-electron chi connectivity index (χ4n) is 3.30. The second kappa shape index (κ2) is 5.14. The van der Waals surface area contributed by atoms with E-state index in [1.807, 2.05) is 6.07 Å². The lowest BCUT2D eigenvalue weighted by molar-refractivity contribution is -0.133. The number of carboxylic acids is 1. The highest BCUT2D eigenvalue weighted by Gasteiger charge is 2.46. The van der Waals surface area contributed by atoms with Crippen molar-refractivity contribution in [1.82, 2.24) is 9.88 Å². The molecule has 3 rings (SSSR count). The van der Waals surface area contributed by atoms with Gasteiger partial charge < -0.3 is 10.2 Å². The monoisotopic (exact) mass is 352 g/mol. The second-order valence-electron chi connectivity index (χ2n) is 5.21. The Balaban J connectivity index is 2.11. The molecule has 7 heteroatoms. The predicted molar refractivity (Wildman–Crippen MR) is 77.8 cm³/mol. The van der Waals surface area contributed by atoms with Gasteiger partial charge in [-0.25, -0.2) is 14.6 Å². The van der Waals surface area contributed by atoms with Crippen molar-refractivity contribution >= 4 is 33.6 Å². The number of rotatable bonds is 2. The van der Waals surface area contributed by atoms with Crippen molar-refractivity contribution in [1.29, 1.82) is 0 Å². The van der Waals surface area contributed by atoms with Gasteiger partial charge in [-0.3, -0.25) is 4.90 Å². The fourth-order valence-corrected chi connectivity index (χ4v) is 3.54. The molecule has 6 nitrogen and oxygen atoms in total. The maximum absolute atomic E-state index is 11.7. The van der Waals surface area contributed by atoms with Crippen LogP contribution in [-0.2, 0) is 4.79 Å². The summed E-state index contributed by atoms with van der Waals surface area (Å²) in [4.78, 5) is 28.4. The van der Waals surface area contributed by atoms with E-state index in [-0.39, 0.29) is 11.6 Å². The number of aromatic nitrogens is 1. The van der Waals surface area contributed by atoms with Crippen LogP contribution in [0.5, 0.6) is 0 Å². The fraction of sp³-hybridized carbons (Fsp3) is 0.357. The molecule has 2 bridgehead atoms. The van der Waals surface area contributed by atoms with Crippen LogP contribution in [0.3, 0.4) is 0 Å². The molecule has 2 aliphatic rings. The smallest absolute Gasteiger partial charge is 0.408 e. The Morgan fingerprint density at radius 2 is 2.05 bits per heavy atom. The van der Waals surface area contributed by atoms with Gasteiger partial charge in [0.2, 0.25) is 0 Å². The van der Waals surface area contributed by atoms with E-state index in [1.54, 1.807) is 12.3 Å². The zero-order chi connectivity index (χ0) is 15.1. The molecule has 1 aromatic heterocycles. The lowest BCUT2D eigenvalue weighted by Gasteiger charge is -2.34. The van der Waals surface area contributed by atoms with Gasteiger partial charge >= 0.3 is 12.1 Å². The number of carboxylic acid groups (broad SMARTS) is 2. The van der Waals surface area contributed by atoms with Crippen LogP contribution in [0.25, 0.3) is 5.57 Å². The molecule has 0 radical (unpaired) electrons. The van der Waals surface area contributed by atoms with Gasteiger partial charge in [0, 0.05) is 12.2 Å². The highest BCUT2D eigenvalue weighted by atomic mass is 79.9. The first-order valence-electron chi connectivity index (χ1n) is 6.58. The molecule has 0 unspecified atom stereocenters. The van der Waals surface area contributed by atoms with Crippen molar-refractivity contribution in [2.75, 3.05) is 0 Å². The molecule has 2 aliphatic heterocycles. The van der Waals surface area contributed by atoms with E-state index < -0.39 is 18.1 Å². The molecule has 1 fully saturated rings. The Morgan fingerprint density at radius 3 is 2.62 bits per heavy atom. The summed E-state index contributed by atoms with van der Waals surface area (Å²) < 4.78 is 0.676. The number of amides is 1. The summed E-state index contributed by atoms with van der Waals surface area (Å²) in [6.07, 6.45) is 2.26. The Bertz CT molecular complexity index is 641. The van der Waals surface area contributed by atoms with Crippen molar-refractivity contribution in [3.63, 3.8) is 0 Å². The highest BCUT2D eigenvalue weighted by molar-refractivity contribution is 9.10. The SMILES string of the molecule is O=C(O)C1=C(c2ccc(Br)nc2)C[C@@H]2CC[C@H]1N2C(=O)O. The van der Waals surface area contributed by atoms with Gasteiger partial charge in [0.05, 0.1) is 11.6 Å². The average Bonchev–Trinajstić information content (AvgIpc) is 2.73. The van der Waals surface area contributed by atoms with Crippen LogP contribution in [0.15, 0.2) is 28.5 Å². The molecule has 2 N–H and O–H groups in total. The Kier molecular flexibility index (Phi) is 3.44. The van der Waals surface area contributed by atoms with E-state index in [0.29, 0.717) is 29.4 Å². The Labute approximate surface area is 129 Å². The van der Waals surface area contributed by atoms with Gasteiger partial charge in [-0.1, -0.05) is 6.07 Å². The number of hydrogen-bond acceptors (Lipinski definition) is 3. The molecular formula is C14H13BrN2O4. The van der Waals surface area contributed by atoms with Crippen molar-refractivity contribution < 1.29 is 19.8 Å². The average molecular weight is 353 g/mol. The van der Waals surface area contributed by atoms with Crippen LogP contribution in [0, 0.1) is 0 Å². The van der Waals surface area contributed by atoms with Crippen LogP contribution in [0.4, 0.5) is 4.79 Å². The van der Waals surface area contributed by atoms with Gasteiger partial charge in [0.25, 0.3) is 0 Å². The summed E-state index contributed by atoms with van der Waals surface area (Å²) in [5.74, 6) is -1.05. The normalized spacial score (nSPS) is 24.3. The number of halogens is 1. The molecule has 0 spiro atoms. The zero-order valence-corrected chi connectivity index (χ0v) is 12.6. The molecule has 21 heavy (non-hydrogen) atoms. The molecule has 110 valence electrons. The van der Waals surface area contributed by atoms with E-state index in [2.05, 4.69) is 20.9 Å². The molecule has 2 atom stereocenters. The summed E-state index contributed by atoms with van der Waals surface area (Å²) in [7, 11) is 0. The second-order valence-corrected chi connectivity index (χ2v) is 6.02. The van der Waals surface area contributed by atoms with Crippen LogP contribution in [0.1, 0.15) is 24.8 Å². The lowest BCUT2D eigenvalue weighted by Crippen LogP contribution is -2.45. The van der Waals surface area contributed by atoms with Gasteiger partial charge in [0.1, 0.15) is 4.60 Å². The third-order valence-corrected chi connectivity index (χ3v) is 4.60.